The number of hydrogen-bond donors (Lipinski definition) is 1. The van der Waals surface area contributed by atoms with E-state index < -0.39 is 16.9 Å². The normalized spacial score (nSPS) is 16.8. The van der Waals surface area contributed by atoms with E-state index in [-0.39, 0.29) is 16.8 Å². The molecule has 0 unspecified atom stereocenters. The van der Waals surface area contributed by atoms with Crippen molar-refractivity contribution in [3.63, 3.8) is 0 Å². The molecular weight excluding hydrogens is 618 g/mol. The maximum Gasteiger partial charge on any atom is 0.271 e. The van der Waals surface area contributed by atoms with Crippen LogP contribution in [0, 0.1) is 16.0 Å². The Kier molecular flexibility index (Phi) is 8.95. The Labute approximate surface area is 275 Å². The van der Waals surface area contributed by atoms with Crippen molar-refractivity contribution in [2.75, 3.05) is 37.5 Å². The quantitative estimate of drug-likeness (QED) is 0.209. The summed E-state index contributed by atoms with van der Waals surface area (Å²) in [5.74, 6) is 1.18. The number of amides is 1. The number of hydrogen-bond acceptors (Lipinski definition) is 9. The van der Waals surface area contributed by atoms with E-state index in [0.717, 1.165) is 31.6 Å². The highest BCUT2D eigenvalue weighted by Crippen LogP contribution is 2.38. The van der Waals surface area contributed by atoms with Gasteiger partial charge in [0, 0.05) is 53.8 Å². The Morgan fingerprint density at radius 3 is 2.49 bits per heavy atom. The SMILES string of the molecule is COc1ccc([C@H]2C(C(=O)Nc3ccccc3)=C(C)N=c3s/c(=C/c4cc([N+](=O)[O-])ccc4N4CCC(C)CC4)c(=O)n32)c(OC)c1. The summed E-state index contributed by atoms with van der Waals surface area (Å²) in [6.07, 6.45) is 3.72. The monoisotopic (exact) mass is 653 g/mol. The third-order valence-corrected chi connectivity index (χ3v) is 9.65. The number of methoxy groups -OCH3 is 2. The molecule has 1 fully saturated rings. The largest absolute Gasteiger partial charge is 0.497 e. The lowest BCUT2D eigenvalue weighted by atomic mass is 9.94. The van der Waals surface area contributed by atoms with Crippen molar-refractivity contribution >= 4 is 40.4 Å². The number of piperidine rings is 1. The summed E-state index contributed by atoms with van der Waals surface area (Å²) in [6, 6.07) is 18.2. The number of rotatable bonds is 8. The predicted molar refractivity (Wildman–Crippen MR) is 182 cm³/mol. The van der Waals surface area contributed by atoms with Crippen LogP contribution in [0.15, 0.2) is 87.8 Å². The molecular formula is C35H35N5O6S. The first-order valence-corrected chi connectivity index (χ1v) is 16.1. The standard InChI is InChI=1S/C35H35N5O6S/c1-21-14-16-38(17-15-21)28-13-10-25(40(43)44)18-23(28)19-30-34(42)39-32(27-12-11-26(45-3)20-29(27)46-4)31(22(2)36-35(39)47-30)33(41)37-24-8-6-5-7-9-24/h5-13,18-21,32H,14-17H2,1-4H3,(H,37,41)/b30-19+/t32-/m0/s1. The van der Waals surface area contributed by atoms with E-state index in [1.807, 2.05) is 18.2 Å². The van der Waals surface area contributed by atoms with Gasteiger partial charge in [-0.3, -0.25) is 24.3 Å². The van der Waals surface area contributed by atoms with E-state index in [0.29, 0.717) is 49.3 Å². The highest BCUT2D eigenvalue weighted by atomic mass is 32.1. The number of ether oxygens (including phenoxy) is 2. The van der Waals surface area contributed by atoms with Crippen LogP contribution >= 0.6 is 11.3 Å². The predicted octanol–water partition coefficient (Wildman–Crippen LogP) is 5.04. The van der Waals surface area contributed by atoms with Gasteiger partial charge in [0.1, 0.15) is 17.5 Å². The zero-order chi connectivity index (χ0) is 33.2. The van der Waals surface area contributed by atoms with Gasteiger partial charge in [-0.25, -0.2) is 4.99 Å². The molecule has 12 heteroatoms. The molecule has 4 aromatic rings. The second-order valence-electron chi connectivity index (χ2n) is 11.7. The minimum absolute atomic E-state index is 0.0605. The summed E-state index contributed by atoms with van der Waals surface area (Å²) in [5, 5.41) is 14.7. The van der Waals surface area contributed by atoms with Crippen LogP contribution in [0.25, 0.3) is 6.08 Å². The molecule has 242 valence electrons. The fraction of sp³-hybridized carbons (Fsp3) is 0.286. The number of benzene rings is 3. The number of para-hydroxylation sites is 1. The lowest BCUT2D eigenvalue weighted by Gasteiger charge is -2.33. The number of thiazole rings is 1. The molecule has 0 bridgehead atoms. The molecule has 1 N–H and O–H groups in total. The molecule has 6 rings (SSSR count). The number of fused-ring (bicyclic) bond motifs is 1. The van der Waals surface area contributed by atoms with E-state index in [9.17, 15) is 19.7 Å². The number of non-ortho nitro benzene ring substituents is 1. The van der Waals surface area contributed by atoms with Crippen LogP contribution in [0.2, 0.25) is 0 Å². The minimum atomic E-state index is -0.883. The summed E-state index contributed by atoms with van der Waals surface area (Å²) in [7, 11) is 3.07. The van der Waals surface area contributed by atoms with Crippen LogP contribution < -0.4 is 34.6 Å². The summed E-state index contributed by atoms with van der Waals surface area (Å²) in [6.45, 7) is 5.60. The van der Waals surface area contributed by atoms with Gasteiger partial charge < -0.3 is 19.7 Å². The van der Waals surface area contributed by atoms with Gasteiger partial charge in [0.15, 0.2) is 4.80 Å². The molecule has 3 aromatic carbocycles. The van der Waals surface area contributed by atoms with Crippen LogP contribution in [0.1, 0.15) is 43.9 Å². The molecule has 0 saturated carbocycles. The van der Waals surface area contributed by atoms with E-state index in [1.165, 1.54) is 35.1 Å². The summed E-state index contributed by atoms with van der Waals surface area (Å²) >= 11 is 1.18. The first-order valence-electron chi connectivity index (χ1n) is 15.3. The second-order valence-corrected chi connectivity index (χ2v) is 12.7. The average Bonchev–Trinajstić information content (AvgIpc) is 3.38. The minimum Gasteiger partial charge on any atom is -0.497 e. The lowest BCUT2D eigenvalue weighted by molar-refractivity contribution is -0.384. The highest BCUT2D eigenvalue weighted by Gasteiger charge is 2.34. The summed E-state index contributed by atoms with van der Waals surface area (Å²) in [5.41, 5.74) is 2.89. The Bertz CT molecular complexity index is 2060. The van der Waals surface area contributed by atoms with Gasteiger partial charge in [0.25, 0.3) is 17.2 Å². The number of allylic oxidation sites excluding steroid dienone is 1. The van der Waals surface area contributed by atoms with Crippen molar-refractivity contribution < 1.29 is 19.2 Å². The van der Waals surface area contributed by atoms with E-state index >= 15 is 0 Å². The summed E-state index contributed by atoms with van der Waals surface area (Å²) in [4.78, 5) is 47.1. The van der Waals surface area contributed by atoms with Gasteiger partial charge in [-0.2, -0.15) is 0 Å². The smallest absolute Gasteiger partial charge is 0.271 e. The van der Waals surface area contributed by atoms with Crippen LogP contribution in [-0.2, 0) is 4.79 Å². The maximum atomic E-state index is 14.4. The van der Waals surface area contributed by atoms with Crippen LogP contribution in [0.3, 0.4) is 0 Å². The number of nitrogens with one attached hydrogen (secondary N) is 1. The molecule has 0 aliphatic carbocycles. The molecule has 0 radical (unpaired) electrons. The van der Waals surface area contributed by atoms with Crippen molar-refractivity contribution in [2.45, 2.75) is 32.7 Å². The number of anilines is 2. The van der Waals surface area contributed by atoms with Gasteiger partial charge >= 0.3 is 0 Å². The molecule has 0 spiro atoms. The van der Waals surface area contributed by atoms with Crippen molar-refractivity contribution in [1.29, 1.82) is 0 Å². The van der Waals surface area contributed by atoms with Crippen LogP contribution in [0.5, 0.6) is 11.5 Å². The Hall–Kier alpha value is -5.23. The molecule has 1 atom stereocenters. The number of aromatic nitrogens is 1. The van der Waals surface area contributed by atoms with Gasteiger partial charge in [-0.05, 0) is 62.1 Å². The van der Waals surface area contributed by atoms with E-state index in [2.05, 4.69) is 17.1 Å². The molecule has 1 amide bonds. The van der Waals surface area contributed by atoms with Gasteiger partial charge in [-0.1, -0.05) is 36.5 Å². The van der Waals surface area contributed by atoms with Gasteiger partial charge in [0.2, 0.25) is 0 Å². The van der Waals surface area contributed by atoms with Gasteiger partial charge in [0.05, 0.1) is 34.9 Å². The third-order valence-electron chi connectivity index (χ3n) is 8.67. The molecule has 47 heavy (non-hydrogen) atoms. The number of carbonyl (C=O) groups is 1. The Morgan fingerprint density at radius 2 is 1.81 bits per heavy atom. The second kappa shape index (κ2) is 13.2. The topological polar surface area (TPSA) is 128 Å². The number of carbonyl (C=O) groups excluding carboxylic acids is 1. The van der Waals surface area contributed by atoms with Crippen molar-refractivity contribution in [1.82, 2.24) is 4.57 Å². The number of nitro benzene ring substituents is 1. The van der Waals surface area contributed by atoms with Gasteiger partial charge in [-0.15, -0.1) is 0 Å². The fourth-order valence-corrected chi connectivity index (χ4v) is 7.16. The molecule has 2 aliphatic heterocycles. The number of nitrogens with zero attached hydrogens (tertiary/aromatic N) is 4. The maximum absolute atomic E-state index is 14.4. The van der Waals surface area contributed by atoms with Crippen molar-refractivity contribution in [2.24, 2.45) is 10.9 Å². The molecule has 11 nitrogen and oxygen atoms in total. The Balaban J connectivity index is 1.54. The highest BCUT2D eigenvalue weighted by molar-refractivity contribution is 7.07. The fourth-order valence-electron chi connectivity index (χ4n) is 6.12. The Morgan fingerprint density at radius 1 is 1.06 bits per heavy atom. The first kappa shape index (κ1) is 31.7. The van der Waals surface area contributed by atoms with E-state index in [4.69, 9.17) is 14.5 Å². The zero-order valence-electron chi connectivity index (χ0n) is 26.6. The van der Waals surface area contributed by atoms with E-state index in [1.54, 1.807) is 56.5 Å². The average molecular weight is 654 g/mol. The van der Waals surface area contributed by atoms with Crippen molar-refractivity contribution in [3.05, 3.63) is 119 Å². The number of nitro groups is 1. The molecule has 3 heterocycles. The lowest BCUT2D eigenvalue weighted by Crippen LogP contribution is -2.40. The molecule has 1 aromatic heterocycles. The first-order chi connectivity index (χ1) is 22.7. The van der Waals surface area contributed by atoms with Crippen molar-refractivity contribution in [3.8, 4) is 11.5 Å². The summed E-state index contributed by atoms with van der Waals surface area (Å²) < 4.78 is 13.0. The molecule has 1 saturated heterocycles. The zero-order valence-corrected chi connectivity index (χ0v) is 27.4. The van der Waals surface area contributed by atoms with Crippen LogP contribution in [-0.4, -0.2) is 42.7 Å². The third kappa shape index (κ3) is 6.28. The van der Waals surface area contributed by atoms with Crippen LogP contribution in [0.4, 0.5) is 17.1 Å². The molecule has 2 aliphatic rings.